The number of rotatable bonds is 5. The summed E-state index contributed by atoms with van der Waals surface area (Å²) in [6, 6.07) is 14.1. The first-order valence-electron chi connectivity index (χ1n) is 9.85. The average molecular weight is 505 g/mol. The lowest BCUT2D eigenvalue weighted by Crippen LogP contribution is -2.32. The van der Waals surface area contributed by atoms with Gasteiger partial charge in [0.1, 0.15) is 22.3 Å². The van der Waals surface area contributed by atoms with Gasteiger partial charge in [-0.1, -0.05) is 17.7 Å². The third kappa shape index (κ3) is 5.02. The number of hydrogen-bond donors (Lipinski definition) is 1. The predicted molar refractivity (Wildman–Crippen MR) is 118 cm³/mol. The molecule has 3 aromatic rings. The summed E-state index contributed by atoms with van der Waals surface area (Å²) in [5.74, 6) is -3.00. The van der Waals surface area contributed by atoms with E-state index in [9.17, 15) is 31.9 Å². The number of carbonyl (C=O) groups is 3. The Balaban J connectivity index is 1.49. The summed E-state index contributed by atoms with van der Waals surface area (Å²) in [6.45, 7) is 0. The van der Waals surface area contributed by atoms with E-state index in [2.05, 4.69) is 5.32 Å². The molecule has 1 heterocycles. The van der Waals surface area contributed by atoms with Crippen molar-refractivity contribution in [3.05, 3.63) is 100 Å². The van der Waals surface area contributed by atoms with Crippen LogP contribution in [-0.4, -0.2) is 17.8 Å². The third-order valence-corrected chi connectivity index (χ3v) is 5.22. The molecule has 0 unspecified atom stereocenters. The van der Waals surface area contributed by atoms with Crippen LogP contribution in [0.25, 0.3) is 0 Å². The molecule has 0 atom stereocenters. The number of nitrogens with one attached hydrogen (secondary N) is 1. The SMILES string of the molecule is O=C(Oc1ccc(F)cc1)c1ccc(NC2=C(Cl)C(=O)N(c3cccc(C(F)(F)F)c3)C2=O)cc1. The Bertz CT molecular complexity index is 1350. The highest BCUT2D eigenvalue weighted by Gasteiger charge is 2.40. The van der Waals surface area contributed by atoms with Gasteiger partial charge in [0.05, 0.1) is 16.8 Å². The van der Waals surface area contributed by atoms with Crippen molar-refractivity contribution < 1.29 is 36.7 Å². The van der Waals surface area contributed by atoms with Crippen LogP contribution in [0, 0.1) is 5.82 Å². The monoisotopic (exact) mass is 504 g/mol. The molecule has 178 valence electrons. The maximum Gasteiger partial charge on any atom is 0.416 e. The minimum atomic E-state index is -4.67. The number of nitrogens with zero attached hydrogens (tertiary/aromatic N) is 1. The fourth-order valence-electron chi connectivity index (χ4n) is 3.17. The summed E-state index contributed by atoms with van der Waals surface area (Å²) in [5, 5.41) is 2.15. The summed E-state index contributed by atoms with van der Waals surface area (Å²) in [7, 11) is 0. The van der Waals surface area contributed by atoms with Gasteiger partial charge >= 0.3 is 12.1 Å². The van der Waals surface area contributed by atoms with Gasteiger partial charge in [-0.05, 0) is 66.7 Å². The second kappa shape index (κ2) is 9.22. The first-order chi connectivity index (χ1) is 16.5. The maximum absolute atomic E-state index is 13.0. The second-order valence-electron chi connectivity index (χ2n) is 7.23. The van der Waals surface area contributed by atoms with Crippen LogP contribution in [0.5, 0.6) is 5.75 Å². The highest BCUT2D eigenvalue weighted by molar-refractivity contribution is 6.53. The molecule has 4 rings (SSSR count). The van der Waals surface area contributed by atoms with Gasteiger partial charge in [-0.2, -0.15) is 13.2 Å². The van der Waals surface area contributed by atoms with E-state index in [1.54, 1.807) is 0 Å². The average Bonchev–Trinajstić information content (AvgIpc) is 3.03. The quantitative estimate of drug-likeness (QED) is 0.215. The lowest BCUT2D eigenvalue weighted by molar-refractivity contribution is -0.137. The van der Waals surface area contributed by atoms with E-state index in [1.807, 2.05) is 0 Å². The number of ether oxygens (including phenoxy) is 1. The number of hydrogen-bond acceptors (Lipinski definition) is 5. The molecule has 6 nitrogen and oxygen atoms in total. The molecule has 1 aliphatic heterocycles. The molecule has 0 spiro atoms. The number of imide groups is 1. The van der Waals surface area contributed by atoms with Gasteiger partial charge < -0.3 is 10.1 Å². The van der Waals surface area contributed by atoms with Crippen molar-refractivity contribution in [3.8, 4) is 5.75 Å². The minimum Gasteiger partial charge on any atom is -0.423 e. The number of alkyl halides is 3. The Morgan fingerprint density at radius 1 is 0.914 bits per heavy atom. The maximum atomic E-state index is 13.0. The van der Waals surface area contributed by atoms with Gasteiger partial charge in [-0.15, -0.1) is 0 Å². The van der Waals surface area contributed by atoms with Crippen LogP contribution < -0.4 is 15.0 Å². The zero-order chi connectivity index (χ0) is 25.3. The summed E-state index contributed by atoms with van der Waals surface area (Å²) in [6.07, 6.45) is -4.67. The fraction of sp³-hybridized carbons (Fsp3) is 0.0417. The van der Waals surface area contributed by atoms with E-state index >= 15 is 0 Å². The number of halogens is 5. The van der Waals surface area contributed by atoms with Crippen molar-refractivity contribution in [2.24, 2.45) is 0 Å². The molecule has 0 radical (unpaired) electrons. The van der Waals surface area contributed by atoms with E-state index in [0.29, 0.717) is 11.0 Å². The molecule has 1 aliphatic rings. The molecule has 0 aromatic heterocycles. The molecule has 0 bridgehead atoms. The Morgan fingerprint density at radius 2 is 1.57 bits per heavy atom. The zero-order valence-corrected chi connectivity index (χ0v) is 18.2. The van der Waals surface area contributed by atoms with E-state index in [0.717, 1.165) is 24.3 Å². The zero-order valence-electron chi connectivity index (χ0n) is 17.4. The second-order valence-corrected chi connectivity index (χ2v) is 7.61. The largest absolute Gasteiger partial charge is 0.423 e. The Kier molecular flexibility index (Phi) is 6.31. The molecule has 3 aromatic carbocycles. The first kappa shape index (κ1) is 24.0. The Morgan fingerprint density at radius 3 is 2.20 bits per heavy atom. The van der Waals surface area contributed by atoms with Crippen LogP contribution in [0.1, 0.15) is 15.9 Å². The van der Waals surface area contributed by atoms with Crippen LogP contribution in [0.2, 0.25) is 0 Å². The van der Waals surface area contributed by atoms with Crippen LogP contribution >= 0.6 is 11.6 Å². The minimum absolute atomic E-state index is 0.138. The van der Waals surface area contributed by atoms with Gasteiger partial charge in [0.25, 0.3) is 11.8 Å². The predicted octanol–water partition coefficient (Wildman–Crippen LogP) is 5.50. The summed E-state index contributed by atoms with van der Waals surface area (Å²) in [4.78, 5) is 38.1. The molecule has 35 heavy (non-hydrogen) atoms. The Hall–Kier alpha value is -4.18. The van der Waals surface area contributed by atoms with Gasteiger partial charge in [0.2, 0.25) is 0 Å². The number of amides is 2. The Labute approximate surface area is 200 Å². The highest BCUT2D eigenvalue weighted by Crippen LogP contribution is 2.35. The van der Waals surface area contributed by atoms with E-state index < -0.39 is 40.4 Å². The van der Waals surface area contributed by atoms with Crippen molar-refractivity contribution in [2.75, 3.05) is 10.2 Å². The number of anilines is 2. The van der Waals surface area contributed by atoms with Gasteiger partial charge in [0, 0.05) is 5.69 Å². The molecule has 0 saturated heterocycles. The molecule has 1 N–H and O–H groups in total. The number of carbonyl (C=O) groups excluding carboxylic acids is 3. The fourth-order valence-corrected chi connectivity index (χ4v) is 3.38. The number of esters is 1. The van der Waals surface area contributed by atoms with Crippen molar-refractivity contribution in [2.45, 2.75) is 6.18 Å². The number of benzene rings is 3. The van der Waals surface area contributed by atoms with Gasteiger partial charge in [-0.25, -0.2) is 14.1 Å². The van der Waals surface area contributed by atoms with Gasteiger partial charge in [0.15, 0.2) is 0 Å². The normalized spacial score (nSPS) is 13.9. The third-order valence-electron chi connectivity index (χ3n) is 4.87. The van der Waals surface area contributed by atoms with Crippen LogP contribution in [0.3, 0.4) is 0 Å². The summed E-state index contributed by atoms with van der Waals surface area (Å²) >= 11 is 6.01. The lowest BCUT2D eigenvalue weighted by Gasteiger charge is -2.17. The van der Waals surface area contributed by atoms with Crippen molar-refractivity contribution in [3.63, 3.8) is 0 Å². The van der Waals surface area contributed by atoms with Crippen LogP contribution in [0.4, 0.5) is 28.9 Å². The molecule has 0 saturated carbocycles. The van der Waals surface area contributed by atoms with E-state index in [4.69, 9.17) is 16.3 Å². The van der Waals surface area contributed by atoms with E-state index in [1.165, 1.54) is 42.5 Å². The molecular weight excluding hydrogens is 492 g/mol. The summed E-state index contributed by atoms with van der Waals surface area (Å²) in [5.41, 5.74) is -1.25. The first-order valence-corrected chi connectivity index (χ1v) is 10.2. The smallest absolute Gasteiger partial charge is 0.416 e. The molecular formula is C24H13ClF4N2O4. The molecule has 2 amide bonds. The van der Waals surface area contributed by atoms with Crippen molar-refractivity contribution >= 4 is 40.8 Å². The highest BCUT2D eigenvalue weighted by atomic mass is 35.5. The standard InChI is InChI=1S/C24H13ClF4N2O4/c25-19-20(22(33)31(21(19)32)17-3-1-2-14(12-17)24(27,28)29)30-16-8-4-13(5-9-16)23(34)35-18-10-6-15(26)7-11-18/h1-12,30H. The van der Waals surface area contributed by atoms with Crippen LogP contribution in [-0.2, 0) is 15.8 Å². The molecule has 0 fully saturated rings. The van der Waals surface area contributed by atoms with Crippen molar-refractivity contribution in [1.82, 2.24) is 0 Å². The van der Waals surface area contributed by atoms with Crippen molar-refractivity contribution in [1.29, 1.82) is 0 Å². The lowest BCUT2D eigenvalue weighted by atomic mass is 10.2. The van der Waals surface area contributed by atoms with Crippen LogP contribution in [0.15, 0.2) is 83.5 Å². The molecule has 0 aliphatic carbocycles. The van der Waals surface area contributed by atoms with E-state index in [-0.39, 0.29) is 28.4 Å². The topological polar surface area (TPSA) is 75.7 Å². The summed E-state index contributed by atoms with van der Waals surface area (Å²) < 4.78 is 57.2. The molecule has 11 heteroatoms. The van der Waals surface area contributed by atoms with Gasteiger partial charge in [-0.3, -0.25) is 9.59 Å².